The van der Waals surface area contributed by atoms with E-state index in [2.05, 4.69) is 47.4 Å². The Balaban J connectivity index is 1.48. The zero-order valence-corrected chi connectivity index (χ0v) is 20.2. The Labute approximate surface area is 206 Å². The monoisotopic (exact) mass is 485 g/mol. The Morgan fingerprint density at radius 2 is 1.94 bits per heavy atom. The minimum Gasteiger partial charge on any atom is -0.378 e. The lowest BCUT2D eigenvalue weighted by atomic mass is 10.1. The summed E-state index contributed by atoms with van der Waals surface area (Å²) in [4.78, 5) is 35.7. The molecule has 1 atom stereocenters. The van der Waals surface area contributed by atoms with Crippen molar-refractivity contribution in [2.45, 2.75) is 19.4 Å². The van der Waals surface area contributed by atoms with E-state index in [9.17, 15) is 4.79 Å². The van der Waals surface area contributed by atoms with Crippen molar-refractivity contribution in [3.05, 3.63) is 59.0 Å². The second-order valence-electron chi connectivity index (χ2n) is 8.87. The number of aryl methyl sites for hydroxylation is 1. The summed E-state index contributed by atoms with van der Waals surface area (Å²) in [6, 6.07) is 7.68. The summed E-state index contributed by atoms with van der Waals surface area (Å²) in [5.74, 6) is 1.12. The van der Waals surface area contributed by atoms with Crippen molar-refractivity contribution >= 4 is 33.4 Å². The number of ether oxygens (including phenoxy) is 1. The zero-order valence-electron chi connectivity index (χ0n) is 20.2. The van der Waals surface area contributed by atoms with Crippen LogP contribution in [0.15, 0.2) is 47.7 Å². The maximum atomic E-state index is 13.4. The van der Waals surface area contributed by atoms with E-state index < -0.39 is 0 Å². The van der Waals surface area contributed by atoms with Crippen LogP contribution in [-0.2, 0) is 11.8 Å². The summed E-state index contributed by atoms with van der Waals surface area (Å²) in [5, 5.41) is 8.15. The molecule has 0 amide bonds. The molecule has 11 nitrogen and oxygen atoms in total. The Bertz CT molecular complexity index is 1580. The molecule has 5 aromatic rings. The molecule has 1 aliphatic heterocycles. The van der Waals surface area contributed by atoms with Crippen LogP contribution in [0.2, 0.25) is 0 Å². The van der Waals surface area contributed by atoms with E-state index in [1.54, 1.807) is 29.3 Å². The van der Waals surface area contributed by atoms with Crippen LogP contribution < -0.4 is 15.8 Å². The van der Waals surface area contributed by atoms with Crippen molar-refractivity contribution in [3.63, 3.8) is 0 Å². The fourth-order valence-corrected chi connectivity index (χ4v) is 4.70. The number of aromatic amines is 2. The number of morpholine rings is 1. The molecule has 0 spiro atoms. The van der Waals surface area contributed by atoms with Crippen LogP contribution in [0.25, 0.3) is 33.5 Å². The molecule has 1 saturated heterocycles. The summed E-state index contributed by atoms with van der Waals surface area (Å²) in [6.45, 7) is 5.16. The molecule has 6 rings (SSSR count). The molecule has 0 unspecified atom stereocenters. The minimum atomic E-state index is -0.255. The second kappa shape index (κ2) is 9.08. The molecule has 11 heteroatoms. The fraction of sp³-hybridized carbons (Fsp3) is 0.320. The SMILES string of the molecule is CC[C@@H](Nc1c(-c2nc3ccc(N4CCOCC4)cc3[nH]2)c(=O)[nH]c2cn(C)nc12)c1ncccn1. The van der Waals surface area contributed by atoms with Crippen molar-refractivity contribution < 1.29 is 4.74 Å². The molecule has 36 heavy (non-hydrogen) atoms. The molecule has 3 N–H and O–H groups in total. The van der Waals surface area contributed by atoms with Crippen molar-refractivity contribution in [3.8, 4) is 11.4 Å². The highest BCUT2D eigenvalue weighted by Crippen LogP contribution is 2.33. The first-order valence-corrected chi connectivity index (χ1v) is 12.1. The van der Waals surface area contributed by atoms with Gasteiger partial charge in [-0.1, -0.05) is 6.92 Å². The van der Waals surface area contributed by atoms with E-state index >= 15 is 0 Å². The maximum Gasteiger partial charge on any atom is 0.261 e. The number of H-pyrrole nitrogens is 2. The molecule has 1 fully saturated rings. The van der Waals surface area contributed by atoms with Gasteiger partial charge in [-0.15, -0.1) is 0 Å². The standard InChI is InChI=1S/C25H27N9O2/c1-3-16(23-26-7-4-8-27-23)28-22-20(25(35)31-19-14-33(2)32-21(19)22)24-29-17-6-5-15(13-18(17)30-24)34-9-11-36-12-10-34/h4-8,13-14,16,28H,3,9-12H2,1-2H3,(H,29,30)(H,31,35)/t16-/m1/s1. The molecule has 0 aliphatic carbocycles. The number of rotatable bonds is 6. The first-order chi connectivity index (χ1) is 17.6. The number of hydrogen-bond acceptors (Lipinski definition) is 8. The molecule has 1 aromatic carbocycles. The van der Waals surface area contributed by atoms with Crippen LogP contribution in [0.5, 0.6) is 0 Å². The largest absolute Gasteiger partial charge is 0.378 e. The van der Waals surface area contributed by atoms with E-state index in [1.807, 2.05) is 20.0 Å². The second-order valence-corrected chi connectivity index (χ2v) is 8.87. The lowest BCUT2D eigenvalue weighted by Crippen LogP contribution is -2.36. The van der Waals surface area contributed by atoms with Crippen LogP contribution in [0.4, 0.5) is 11.4 Å². The first kappa shape index (κ1) is 22.2. The van der Waals surface area contributed by atoms with Gasteiger partial charge in [-0.05, 0) is 30.7 Å². The predicted octanol–water partition coefficient (Wildman–Crippen LogP) is 2.99. The Hall–Kier alpha value is -4.25. The third-order valence-corrected chi connectivity index (χ3v) is 6.49. The number of anilines is 2. The van der Waals surface area contributed by atoms with Crippen LogP contribution in [0.1, 0.15) is 25.2 Å². The molecular weight excluding hydrogens is 458 g/mol. The quantitative estimate of drug-likeness (QED) is 0.335. The third-order valence-electron chi connectivity index (χ3n) is 6.49. The summed E-state index contributed by atoms with van der Waals surface area (Å²) in [7, 11) is 1.83. The van der Waals surface area contributed by atoms with Gasteiger partial charge in [0.1, 0.15) is 22.7 Å². The van der Waals surface area contributed by atoms with Gasteiger partial charge in [0, 0.05) is 44.4 Å². The highest BCUT2D eigenvalue weighted by Gasteiger charge is 2.23. The molecule has 0 bridgehead atoms. The van der Waals surface area contributed by atoms with Crippen LogP contribution in [0, 0.1) is 0 Å². The average Bonchev–Trinajstić information content (AvgIpc) is 3.49. The molecule has 4 aromatic heterocycles. The van der Waals surface area contributed by atoms with E-state index in [4.69, 9.17) is 9.72 Å². The van der Waals surface area contributed by atoms with E-state index in [-0.39, 0.29) is 11.6 Å². The third kappa shape index (κ3) is 3.97. The van der Waals surface area contributed by atoms with Crippen LogP contribution in [0.3, 0.4) is 0 Å². The van der Waals surface area contributed by atoms with Gasteiger partial charge in [0.25, 0.3) is 5.56 Å². The highest BCUT2D eigenvalue weighted by molar-refractivity contribution is 5.96. The van der Waals surface area contributed by atoms with Gasteiger partial charge >= 0.3 is 0 Å². The van der Waals surface area contributed by atoms with Crippen molar-refractivity contribution in [2.24, 2.45) is 7.05 Å². The molecule has 0 saturated carbocycles. The minimum absolute atomic E-state index is 0.214. The highest BCUT2D eigenvalue weighted by atomic mass is 16.5. The average molecular weight is 486 g/mol. The Morgan fingerprint density at radius 1 is 1.14 bits per heavy atom. The Morgan fingerprint density at radius 3 is 2.72 bits per heavy atom. The number of pyridine rings is 1. The smallest absolute Gasteiger partial charge is 0.261 e. The molecule has 1 aliphatic rings. The summed E-state index contributed by atoms with van der Waals surface area (Å²) in [6.07, 6.45) is 5.94. The number of benzene rings is 1. The van der Waals surface area contributed by atoms with Crippen molar-refractivity contribution in [1.29, 1.82) is 0 Å². The maximum absolute atomic E-state index is 13.4. The Kier molecular flexibility index (Phi) is 5.61. The molecule has 5 heterocycles. The zero-order chi connectivity index (χ0) is 24.6. The summed E-state index contributed by atoms with van der Waals surface area (Å²) in [5.41, 5.74) is 4.78. The van der Waals surface area contributed by atoms with Gasteiger partial charge in [0.15, 0.2) is 0 Å². The lowest BCUT2D eigenvalue weighted by Gasteiger charge is -2.28. The van der Waals surface area contributed by atoms with E-state index in [0.29, 0.717) is 53.6 Å². The number of imidazole rings is 1. The number of hydrogen-bond donors (Lipinski definition) is 3. The first-order valence-electron chi connectivity index (χ1n) is 12.1. The molecule has 0 radical (unpaired) electrons. The van der Waals surface area contributed by atoms with Gasteiger partial charge in [-0.2, -0.15) is 5.10 Å². The normalized spacial score (nSPS) is 15.0. The van der Waals surface area contributed by atoms with Crippen LogP contribution in [-0.4, -0.2) is 61.0 Å². The van der Waals surface area contributed by atoms with Crippen molar-refractivity contribution in [2.75, 3.05) is 36.5 Å². The van der Waals surface area contributed by atoms with E-state index in [0.717, 1.165) is 29.8 Å². The molecular formula is C25H27N9O2. The number of aromatic nitrogens is 7. The van der Waals surface area contributed by atoms with Crippen molar-refractivity contribution in [1.82, 2.24) is 34.7 Å². The summed E-state index contributed by atoms with van der Waals surface area (Å²) < 4.78 is 7.17. The van der Waals surface area contributed by atoms with Gasteiger partial charge in [0.2, 0.25) is 0 Å². The van der Waals surface area contributed by atoms with Crippen LogP contribution >= 0.6 is 0 Å². The van der Waals surface area contributed by atoms with Gasteiger partial charge in [-0.25, -0.2) is 15.0 Å². The number of fused-ring (bicyclic) bond motifs is 2. The number of nitrogens with zero attached hydrogens (tertiary/aromatic N) is 6. The molecule has 184 valence electrons. The summed E-state index contributed by atoms with van der Waals surface area (Å²) >= 11 is 0. The van der Waals surface area contributed by atoms with Gasteiger partial charge < -0.3 is 24.9 Å². The topological polar surface area (TPSA) is 130 Å². The lowest BCUT2D eigenvalue weighted by molar-refractivity contribution is 0.122. The fourth-order valence-electron chi connectivity index (χ4n) is 4.70. The number of nitrogens with one attached hydrogen (secondary N) is 3. The predicted molar refractivity (Wildman–Crippen MR) is 138 cm³/mol. The van der Waals surface area contributed by atoms with Gasteiger partial charge in [0.05, 0.1) is 41.5 Å². The van der Waals surface area contributed by atoms with E-state index in [1.165, 1.54) is 0 Å². The van der Waals surface area contributed by atoms with Gasteiger partial charge in [-0.3, -0.25) is 9.48 Å².